The van der Waals surface area contributed by atoms with Gasteiger partial charge >= 0.3 is 11.9 Å². The molecule has 1 atom stereocenters. The molecular weight excluding hydrogens is 246 g/mol. The number of carboxylic acids is 1. The lowest BCUT2D eigenvalue weighted by Gasteiger charge is -2.21. The normalized spacial score (nSPS) is 13.8. The van der Waals surface area contributed by atoms with E-state index >= 15 is 0 Å². The molecule has 3 N–H and O–H groups in total. The highest BCUT2D eigenvalue weighted by molar-refractivity contribution is 6.30. The maximum absolute atomic E-state index is 11.4. The smallest absolute Gasteiger partial charge is 0.337 e. The largest absolute Gasteiger partial charge is 0.479 e. The van der Waals surface area contributed by atoms with Gasteiger partial charge in [-0.15, -0.1) is 0 Å². The van der Waals surface area contributed by atoms with E-state index in [1.165, 1.54) is 0 Å². The lowest BCUT2D eigenvalue weighted by molar-refractivity contribution is -0.159. The van der Waals surface area contributed by atoms with Gasteiger partial charge in [-0.2, -0.15) is 0 Å². The van der Waals surface area contributed by atoms with Crippen molar-refractivity contribution >= 4 is 23.5 Å². The zero-order valence-electron chi connectivity index (χ0n) is 9.14. The Bertz CT molecular complexity index is 432. The highest BCUT2D eigenvalue weighted by Gasteiger charge is 2.43. The molecule has 0 saturated carbocycles. The Kier molecular flexibility index (Phi) is 4.09. The van der Waals surface area contributed by atoms with Crippen molar-refractivity contribution in [1.29, 1.82) is 0 Å². The zero-order valence-corrected chi connectivity index (χ0v) is 9.90. The van der Waals surface area contributed by atoms with Gasteiger partial charge in [0.1, 0.15) is 0 Å². The van der Waals surface area contributed by atoms with Crippen LogP contribution in [0.15, 0.2) is 24.3 Å². The quantitative estimate of drug-likeness (QED) is 0.616. The summed E-state index contributed by atoms with van der Waals surface area (Å²) < 4.78 is 4.40. The summed E-state index contributed by atoms with van der Waals surface area (Å²) in [5.41, 5.74) is 4.06. The lowest BCUT2D eigenvalue weighted by Crippen LogP contribution is -2.57. The molecule has 0 bridgehead atoms. The van der Waals surface area contributed by atoms with Crippen LogP contribution in [0.25, 0.3) is 0 Å². The Morgan fingerprint density at radius 1 is 1.41 bits per heavy atom. The first-order valence-electron chi connectivity index (χ1n) is 4.75. The van der Waals surface area contributed by atoms with Gasteiger partial charge in [0.25, 0.3) is 0 Å². The van der Waals surface area contributed by atoms with Gasteiger partial charge in [0.15, 0.2) is 0 Å². The third kappa shape index (κ3) is 2.95. The zero-order chi connectivity index (χ0) is 13.1. The molecular formula is C11H12ClNO4. The van der Waals surface area contributed by atoms with Crippen LogP contribution in [0.1, 0.15) is 5.56 Å². The molecule has 0 spiro atoms. The van der Waals surface area contributed by atoms with Crippen LogP contribution in [0, 0.1) is 0 Å². The van der Waals surface area contributed by atoms with E-state index in [9.17, 15) is 9.59 Å². The van der Waals surface area contributed by atoms with Crippen molar-refractivity contribution in [1.82, 2.24) is 0 Å². The fraction of sp³-hybridized carbons (Fsp3) is 0.273. The van der Waals surface area contributed by atoms with Crippen LogP contribution in [-0.4, -0.2) is 29.7 Å². The number of hydrogen-bond donors (Lipinski definition) is 2. The highest BCUT2D eigenvalue weighted by Crippen LogP contribution is 2.16. The van der Waals surface area contributed by atoms with Gasteiger partial charge in [-0.25, -0.2) is 9.59 Å². The molecule has 0 heterocycles. The third-order valence-corrected chi connectivity index (χ3v) is 2.58. The monoisotopic (exact) mass is 257 g/mol. The van der Waals surface area contributed by atoms with Crippen molar-refractivity contribution in [3.8, 4) is 0 Å². The summed E-state index contributed by atoms with van der Waals surface area (Å²) >= 11 is 5.70. The first-order chi connectivity index (χ1) is 7.90. The number of ether oxygens (including phenoxy) is 1. The fourth-order valence-electron chi connectivity index (χ4n) is 1.34. The molecule has 1 aromatic carbocycles. The maximum atomic E-state index is 11.4. The predicted octanol–water partition coefficient (Wildman–Crippen LogP) is 0.838. The van der Waals surface area contributed by atoms with Crippen LogP contribution >= 0.6 is 11.6 Å². The van der Waals surface area contributed by atoms with Crippen LogP contribution in [0.5, 0.6) is 0 Å². The van der Waals surface area contributed by atoms with Gasteiger partial charge in [-0.1, -0.05) is 23.7 Å². The van der Waals surface area contributed by atoms with Crippen LogP contribution in [0.3, 0.4) is 0 Å². The molecule has 0 radical (unpaired) electrons. The van der Waals surface area contributed by atoms with E-state index in [4.69, 9.17) is 22.4 Å². The van der Waals surface area contributed by atoms with Crippen LogP contribution in [0.4, 0.5) is 0 Å². The van der Waals surface area contributed by atoms with E-state index in [2.05, 4.69) is 4.74 Å². The molecule has 6 heteroatoms. The fourth-order valence-corrected chi connectivity index (χ4v) is 1.47. The van der Waals surface area contributed by atoms with Crippen molar-refractivity contribution in [2.24, 2.45) is 5.73 Å². The van der Waals surface area contributed by atoms with Crippen LogP contribution < -0.4 is 5.73 Å². The number of carboxylic acid groups (broad SMARTS) is 1. The van der Waals surface area contributed by atoms with E-state index in [-0.39, 0.29) is 6.42 Å². The van der Waals surface area contributed by atoms with Gasteiger partial charge in [0, 0.05) is 11.4 Å². The number of carbonyl (C=O) groups excluding carboxylic acids is 1. The van der Waals surface area contributed by atoms with Gasteiger partial charge < -0.3 is 15.6 Å². The molecule has 1 unspecified atom stereocenters. The standard InChI is InChI=1S/C11H12ClNO4/c1-17-10(16)11(13,9(14)15)6-7-2-4-8(12)5-3-7/h2-5H,6,13H2,1H3,(H,14,15). The molecule has 0 saturated heterocycles. The second kappa shape index (κ2) is 5.16. The number of halogens is 1. The number of benzene rings is 1. The molecule has 1 aromatic rings. The Labute approximate surface area is 103 Å². The molecule has 0 amide bonds. The molecule has 17 heavy (non-hydrogen) atoms. The van der Waals surface area contributed by atoms with Crippen molar-refractivity contribution in [3.63, 3.8) is 0 Å². The Balaban J connectivity index is 2.99. The Morgan fingerprint density at radius 3 is 2.35 bits per heavy atom. The van der Waals surface area contributed by atoms with Crippen LogP contribution in [-0.2, 0) is 20.7 Å². The first kappa shape index (κ1) is 13.5. The van der Waals surface area contributed by atoms with Crippen molar-refractivity contribution in [2.75, 3.05) is 7.11 Å². The minimum absolute atomic E-state index is 0.161. The number of methoxy groups -OCH3 is 1. The average Bonchev–Trinajstić information content (AvgIpc) is 2.30. The van der Waals surface area contributed by atoms with E-state index in [0.29, 0.717) is 10.6 Å². The summed E-state index contributed by atoms with van der Waals surface area (Å²) in [5, 5.41) is 9.52. The summed E-state index contributed by atoms with van der Waals surface area (Å²) in [6, 6.07) is 6.40. The second-order valence-corrected chi connectivity index (χ2v) is 4.01. The van der Waals surface area contributed by atoms with Gasteiger partial charge in [-0.3, -0.25) is 0 Å². The molecule has 1 rings (SSSR count). The number of rotatable bonds is 4. The van der Waals surface area contributed by atoms with Crippen molar-refractivity contribution in [2.45, 2.75) is 12.0 Å². The summed E-state index contributed by atoms with van der Waals surface area (Å²) in [4.78, 5) is 22.4. The molecule has 0 aliphatic rings. The number of hydrogen-bond acceptors (Lipinski definition) is 4. The maximum Gasteiger partial charge on any atom is 0.337 e. The summed E-state index contributed by atoms with van der Waals surface area (Å²) in [5.74, 6) is -2.42. The van der Waals surface area contributed by atoms with Gasteiger partial charge in [-0.05, 0) is 17.7 Å². The number of esters is 1. The second-order valence-electron chi connectivity index (χ2n) is 3.57. The topological polar surface area (TPSA) is 89.6 Å². The number of carbonyl (C=O) groups is 2. The van der Waals surface area contributed by atoms with Gasteiger partial charge in [0.05, 0.1) is 7.11 Å². The Hall–Kier alpha value is -1.59. The average molecular weight is 258 g/mol. The van der Waals surface area contributed by atoms with E-state index in [1.54, 1.807) is 24.3 Å². The van der Waals surface area contributed by atoms with E-state index in [0.717, 1.165) is 7.11 Å². The SMILES string of the molecule is COC(=O)C(N)(Cc1ccc(Cl)cc1)C(=O)O. The van der Waals surface area contributed by atoms with Crippen molar-refractivity contribution < 1.29 is 19.4 Å². The molecule has 0 aliphatic carbocycles. The van der Waals surface area contributed by atoms with E-state index < -0.39 is 17.5 Å². The number of aliphatic carboxylic acids is 1. The Morgan fingerprint density at radius 2 is 1.94 bits per heavy atom. The molecule has 92 valence electrons. The summed E-state index contributed by atoms with van der Waals surface area (Å²) in [6.45, 7) is 0. The van der Waals surface area contributed by atoms with E-state index in [1.807, 2.05) is 0 Å². The minimum atomic E-state index is -2.08. The van der Waals surface area contributed by atoms with Gasteiger partial charge in [0.2, 0.25) is 5.54 Å². The van der Waals surface area contributed by atoms with Crippen LogP contribution in [0.2, 0.25) is 5.02 Å². The predicted molar refractivity (Wildman–Crippen MR) is 61.7 cm³/mol. The molecule has 0 aromatic heterocycles. The molecule has 0 fully saturated rings. The first-order valence-corrected chi connectivity index (χ1v) is 5.13. The molecule has 5 nitrogen and oxygen atoms in total. The summed E-state index contributed by atoms with van der Waals surface area (Å²) in [6.07, 6.45) is -0.161. The lowest BCUT2D eigenvalue weighted by atomic mass is 9.92. The van der Waals surface area contributed by atoms with Crippen molar-refractivity contribution in [3.05, 3.63) is 34.9 Å². The summed E-state index contributed by atoms with van der Waals surface area (Å²) in [7, 11) is 1.09. The minimum Gasteiger partial charge on any atom is -0.479 e. The third-order valence-electron chi connectivity index (χ3n) is 2.33. The molecule has 0 aliphatic heterocycles. The number of nitrogens with two attached hydrogens (primary N) is 1. The highest BCUT2D eigenvalue weighted by atomic mass is 35.5.